The third-order valence-corrected chi connectivity index (χ3v) is 5.52. The molecule has 4 rings (SSSR count). The largest absolute Gasteiger partial charge is 0.493 e. The van der Waals surface area contributed by atoms with Gasteiger partial charge in [-0.15, -0.1) is 0 Å². The first-order valence-corrected chi connectivity index (χ1v) is 10.7. The predicted octanol–water partition coefficient (Wildman–Crippen LogP) is 6.50. The van der Waals surface area contributed by atoms with Crippen LogP contribution in [-0.2, 0) is 4.79 Å². The van der Waals surface area contributed by atoms with E-state index in [2.05, 4.69) is 41.7 Å². The number of carbonyl (C=O) groups is 1. The highest BCUT2D eigenvalue weighted by Crippen LogP contribution is 2.41. The number of aryl methyl sites for hydroxylation is 1. The fraction of sp³-hybridized carbons (Fsp3) is 0.222. The van der Waals surface area contributed by atoms with Crippen LogP contribution >= 0.6 is 0 Å². The Morgan fingerprint density at radius 2 is 1.87 bits per heavy atom. The van der Waals surface area contributed by atoms with Crippen molar-refractivity contribution in [3.8, 4) is 16.9 Å². The van der Waals surface area contributed by atoms with Crippen molar-refractivity contribution < 1.29 is 13.9 Å². The van der Waals surface area contributed by atoms with Crippen molar-refractivity contribution in [3.63, 3.8) is 0 Å². The van der Waals surface area contributed by atoms with Gasteiger partial charge in [0.05, 0.1) is 12.9 Å². The predicted molar refractivity (Wildman–Crippen MR) is 127 cm³/mol. The summed E-state index contributed by atoms with van der Waals surface area (Å²) in [5, 5.41) is 6.22. The Balaban J connectivity index is 1.91. The minimum atomic E-state index is -0.109. The van der Waals surface area contributed by atoms with Crippen LogP contribution in [0.25, 0.3) is 38.4 Å². The molecular weight excluding hydrogens is 386 g/mol. The first-order chi connectivity index (χ1) is 15.0. The summed E-state index contributed by atoms with van der Waals surface area (Å²) in [6.07, 6.45) is 3.44. The summed E-state index contributed by atoms with van der Waals surface area (Å²) in [4.78, 5) is 12.2. The van der Waals surface area contributed by atoms with Crippen molar-refractivity contribution in [2.24, 2.45) is 0 Å². The van der Waals surface area contributed by atoms with Crippen LogP contribution < -0.4 is 10.1 Å². The number of allylic oxidation sites excluding steroid dienone is 1. The second-order valence-corrected chi connectivity index (χ2v) is 7.62. The maximum Gasteiger partial charge on any atom is 0.244 e. The lowest BCUT2D eigenvalue weighted by atomic mass is 9.95. The Morgan fingerprint density at radius 3 is 2.61 bits per heavy atom. The number of hydrogen-bond donors (Lipinski definition) is 1. The van der Waals surface area contributed by atoms with Crippen molar-refractivity contribution in [2.75, 3.05) is 13.2 Å². The molecule has 0 aliphatic heterocycles. The third-order valence-electron chi connectivity index (χ3n) is 5.52. The maximum absolute atomic E-state index is 12.2. The Morgan fingerprint density at radius 1 is 1.10 bits per heavy atom. The summed E-state index contributed by atoms with van der Waals surface area (Å²) in [6, 6.07) is 16.8. The molecule has 0 bridgehead atoms. The van der Waals surface area contributed by atoms with E-state index in [9.17, 15) is 4.79 Å². The van der Waals surface area contributed by atoms with Gasteiger partial charge in [-0.1, -0.05) is 36.4 Å². The molecule has 4 nitrogen and oxygen atoms in total. The van der Waals surface area contributed by atoms with Gasteiger partial charge in [0.15, 0.2) is 0 Å². The SMILES string of the molecule is CCNC(=O)/C=C(\C)c1cc2c(-c3ccc4ccccc4c3)coc2c(C)c1OCC. The Labute approximate surface area is 182 Å². The van der Waals surface area contributed by atoms with Gasteiger partial charge in [-0.2, -0.15) is 0 Å². The van der Waals surface area contributed by atoms with Crippen LogP contribution in [0.3, 0.4) is 0 Å². The summed E-state index contributed by atoms with van der Waals surface area (Å²) < 4.78 is 12.0. The molecule has 0 radical (unpaired) electrons. The van der Waals surface area contributed by atoms with E-state index in [4.69, 9.17) is 9.15 Å². The smallest absolute Gasteiger partial charge is 0.244 e. The molecule has 0 aliphatic rings. The monoisotopic (exact) mass is 413 g/mol. The Hall–Kier alpha value is -3.53. The molecule has 158 valence electrons. The average Bonchev–Trinajstić information content (AvgIpc) is 3.19. The standard InChI is InChI=1S/C27H27NO3/c1-5-28-25(29)13-17(3)22-15-23-24(16-31-27(23)18(4)26(22)30-6-2)21-12-11-19-9-7-8-10-20(19)14-21/h7-16H,5-6H2,1-4H3,(H,28,29)/b17-13+. The third kappa shape index (κ3) is 3.93. The second-order valence-electron chi connectivity index (χ2n) is 7.62. The zero-order valence-corrected chi connectivity index (χ0v) is 18.4. The number of nitrogens with one attached hydrogen (secondary N) is 1. The highest BCUT2D eigenvalue weighted by Gasteiger charge is 2.19. The van der Waals surface area contributed by atoms with E-state index in [1.54, 1.807) is 6.08 Å². The zero-order chi connectivity index (χ0) is 22.0. The quantitative estimate of drug-likeness (QED) is 0.367. The van der Waals surface area contributed by atoms with Gasteiger partial charge in [0.1, 0.15) is 11.3 Å². The van der Waals surface area contributed by atoms with Crippen molar-refractivity contribution in [1.82, 2.24) is 5.32 Å². The highest BCUT2D eigenvalue weighted by molar-refractivity contribution is 6.02. The van der Waals surface area contributed by atoms with Crippen LogP contribution in [0, 0.1) is 6.92 Å². The fourth-order valence-corrected chi connectivity index (χ4v) is 4.02. The summed E-state index contributed by atoms with van der Waals surface area (Å²) in [5.41, 5.74) is 5.62. The van der Waals surface area contributed by atoms with E-state index in [0.29, 0.717) is 13.2 Å². The number of amides is 1. The lowest BCUT2D eigenvalue weighted by Gasteiger charge is -2.15. The van der Waals surface area contributed by atoms with Crippen LogP contribution in [0.1, 0.15) is 31.9 Å². The maximum atomic E-state index is 12.2. The molecule has 0 spiro atoms. The molecule has 1 amide bonds. The lowest BCUT2D eigenvalue weighted by Crippen LogP contribution is -2.20. The summed E-state index contributed by atoms with van der Waals surface area (Å²) in [6.45, 7) is 8.93. The molecular formula is C27H27NO3. The molecule has 1 aromatic heterocycles. The number of ether oxygens (including phenoxy) is 1. The van der Waals surface area contributed by atoms with Gasteiger partial charge >= 0.3 is 0 Å². The van der Waals surface area contributed by atoms with Crippen molar-refractivity contribution in [2.45, 2.75) is 27.7 Å². The van der Waals surface area contributed by atoms with E-state index in [-0.39, 0.29) is 5.91 Å². The molecule has 0 fully saturated rings. The lowest BCUT2D eigenvalue weighted by molar-refractivity contribution is -0.116. The number of benzene rings is 3. The normalized spacial score (nSPS) is 11.8. The fourth-order valence-electron chi connectivity index (χ4n) is 4.02. The molecule has 31 heavy (non-hydrogen) atoms. The van der Waals surface area contributed by atoms with Gasteiger partial charge in [-0.25, -0.2) is 0 Å². The Kier molecular flexibility index (Phi) is 5.81. The van der Waals surface area contributed by atoms with Gasteiger partial charge in [0, 0.05) is 34.7 Å². The molecule has 0 unspecified atom stereocenters. The van der Waals surface area contributed by atoms with Gasteiger partial charge in [0.2, 0.25) is 5.91 Å². The molecule has 3 aromatic carbocycles. The van der Waals surface area contributed by atoms with Gasteiger partial charge < -0.3 is 14.5 Å². The van der Waals surface area contributed by atoms with E-state index in [0.717, 1.165) is 44.5 Å². The summed E-state index contributed by atoms with van der Waals surface area (Å²) in [5.74, 6) is 0.648. The molecule has 4 heteroatoms. The van der Waals surface area contributed by atoms with Crippen molar-refractivity contribution in [3.05, 3.63) is 72.0 Å². The Bertz CT molecular complexity index is 1300. The number of likely N-dealkylation sites (N-methyl/N-ethyl adjacent to an activating group) is 1. The number of rotatable bonds is 6. The first-order valence-electron chi connectivity index (χ1n) is 10.7. The highest BCUT2D eigenvalue weighted by atomic mass is 16.5. The van der Waals surface area contributed by atoms with Gasteiger partial charge in [-0.3, -0.25) is 4.79 Å². The van der Waals surface area contributed by atoms with E-state index in [1.807, 2.05) is 46.1 Å². The van der Waals surface area contributed by atoms with Gasteiger partial charge in [0.25, 0.3) is 0 Å². The molecule has 0 atom stereocenters. The van der Waals surface area contributed by atoms with Crippen LogP contribution in [-0.4, -0.2) is 19.1 Å². The second kappa shape index (κ2) is 8.68. The van der Waals surface area contributed by atoms with Crippen LogP contribution in [0.15, 0.2) is 65.3 Å². The van der Waals surface area contributed by atoms with E-state index < -0.39 is 0 Å². The molecule has 0 aliphatic carbocycles. The molecule has 0 saturated heterocycles. The molecule has 1 N–H and O–H groups in total. The molecule has 1 heterocycles. The molecule has 0 saturated carbocycles. The number of hydrogen-bond acceptors (Lipinski definition) is 3. The minimum absolute atomic E-state index is 0.109. The van der Waals surface area contributed by atoms with Crippen molar-refractivity contribution in [1.29, 1.82) is 0 Å². The number of fused-ring (bicyclic) bond motifs is 2. The average molecular weight is 414 g/mol. The number of furan rings is 1. The van der Waals surface area contributed by atoms with Crippen LogP contribution in [0.5, 0.6) is 5.75 Å². The van der Waals surface area contributed by atoms with E-state index >= 15 is 0 Å². The summed E-state index contributed by atoms with van der Waals surface area (Å²) in [7, 11) is 0. The van der Waals surface area contributed by atoms with Gasteiger partial charge in [-0.05, 0) is 61.7 Å². The number of carbonyl (C=O) groups excluding carboxylic acids is 1. The van der Waals surface area contributed by atoms with Crippen LogP contribution in [0.2, 0.25) is 0 Å². The summed E-state index contributed by atoms with van der Waals surface area (Å²) >= 11 is 0. The van der Waals surface area contributed by atoms with Crippen LogP contribution in [0.4, 0.5) is 0 Å². The topological polar surface area (TPSA) is 51.5 Å². The minimum Gasteiger partial charge on any atom is -0.493 e. The van der Waals surface area contributed by atoms with Crippen molar-refractivity contribution >= 4 is 33.2 Å². The van der Waals surface area contributed by atoms with E-state index in [1.165, 1.54) is 10.8 Å². The molecule has 4 aromatic rings. The first kappa shape index (κ1) is 20.7. The zero-order valence-electron chi connectivity index (χ0n) is 18.4.